The number of benzene rings is 2. The highest BCUT2D eigenvalue weighted by Gasteiger charge is 2.16. The Morgan fingerprint density at radius 1 is 1.23 bits per heavy atom. The number of pyridine rings is 1. The molecule has 0 aliphatic carbocycles. The Hall–Kier alpha value is -3.67. The van der Waals surface area contributed by atoms with Crippen molar-refractivity contribution in [3.05, 3.63) is 71.4 Å². The zero-order chi connectivity index (χ0) is 21.1. The van der Waals surface area contributed by atoms with Gasteiger partial charge in [0.15, 0.2) is 0 Å². The zero-order valence-corrected chi connectivity index (χ0v) is 17.0. The lowest BCUT2D eigenvalue weighted by Gasteiger charge is -2.19. The predicted octanol–water partition coefficient (Wildman–Crippen LogP) is 3.80. The average molecular weight is 401 g/mol. The molecule has 0 radical (unpaired) electrons. The van der Waals surface area contributed by atoms with E-state index in [1.54, 1.807) is 37.4 Å². The molecule has 30 heavy (non-hydrogen) atoms. The van der Waals surface area contributed by atoms with Gasteiger partial charge in [-0.15, -0.1) is 0 Å². The van der Waals surface area contributed by atoms with Gasteiger partial charge in [0.25, 0.3) is 0 Å². The van der Waals surface area contributed by atoms with E-state index < -0.39 is 0 Å². The fourth-order valence-corrected chi connectivity index (χ4v) is 3.65. The van der Waals surface area contributed by atoms with Crippen LogP contribution in [0, 0.1) is 0 Å². The van der Waals surface area contributed by atoms with Crippen molar-refractivity contribution < 1.29 is 14.3 Å². The van der Waals surface area contributed by atoms with Crippen molar-refractivity contribution >= 4 is 34.5 Å². The molecule has 0 bridgehead atoms. The third-order valence-corrected chi connectivity index (χ3v) is 5.27. The molecule has 0 fully saturated rings. The Morgan fingerprint density at radius 3 is 2.90 bits per heavy atom. The van der Waals surface area contributed by atoms with Gasteiger partial charge in [0.2, 0.25) is 11.8 Å². The van der Waals surface area contributed by atoms with E-state index >= 15 is 0 Å². The number of likely N-dealkylation sites (N-methyl/N-ethyl adjacent to an activating group) is 1. The molecule has 2 aromatic carbocycles. The van der Waals surface area contributed by atoms with E-state index in [0.717, 1.165) is 33.2 Å². The fraction of sp³-hybridized carbons (Fsp3) is 0.208. The van der Waals surface area contributed by atoms with Crippen LogP contribution in [0.2, 0.25) is 0 Å². The highest BCUT2D eigenvalue weighted by molar-refractivity contribution is 5.94. The standard InChI is InChI=1S/C24H23N3O3/c1-27(15-20-19-6-4-3-5-17(19)8-10-21(20)30-2)23(29)12-7-16-13-18-9-11-22(28)26-24(18)25-14-16/h3-8,10,12-14H,9,11,15H2,1-2H3,(H,25,26,28). The summed E-state index contributed by atoms with van der Waals surface area (Å²) in [6.45, 7) is 0.433. The topological polar surface area (TPSA) is 71.5 Å². The summed E-state index contributed by atoms with van der Waals surface area (Å²) < 4.78 is 5.53. The van der Waals surface area contributed by atoms with Gasteiger partial charge in [-0.3, -0.25) is 9.59 Å². The number of hydrogen-bond acceptors (Lipinski definition) is 4. The fourth-order valence-electron chi connectivity index (χ4n) is 3.65. The minimum absolute atomic E-state index is 0.0149. The Labute approximate surface area is 175 Å². The predicted molar refractivity (Wildman–Crippen MR) is 117 cm³/mol. The monoisotopic (exact) mass is 401 g/mol. The number of hydrogen-bond donors (Lipinski definition) is 1. The number of carbonyl (C=O) groups excluding carboxylic acids is 2. The van der Waals surface area contributed by atoms with Crippen LogP contribution >= 0.6 is 0 Å². The van der Waals surface area contributed by atoms with Gasteiger partial charge in [0.1, 0.15) is 11.6 Å². The summed E-state index contributed by atoms with van der Waals surface area (Å²) >= 11 is 0. The number of aryl methyl sites for hydroxylation is 1. The molecule has 1 aromatic heterocycles. The maximum absolute atomic E-state index is 12.7. The van der Waals surface area contributed by atoms with Gasteiger partial charge in [0.05, 0.1) is 7.11 Å². The van der Waals surface area contributed by atoms with Crippen molar-refractivity contribution in [1.82, 2.24) is 9.88 Å². The number of ether oxygens (including phenoxy) is 1. The number of methoxy groups -OCH3 is 1. The number of nitrogens with one attached hydrogen (secondary N) is 1. The summed E-state index contributed by atoms with van der Waals surface area (Å²) in [6, 6.07) is 14.0. The number of carbonyl (C=O) groups is 2. The molecule has 0 unspecified atom stereocenters. The summed E-state index contributed by atoms with van der Waals surface area (Å²) in [5, 5.41) is 4.94. The van der Waals surface area contributed by atoms with Crippen LogP contribution in [0.3, 0.4) is 0 Å². The zero-order valence-electron chi connectivity index (χ0n) is 17.0. The molecule has 2 amide bonds. The van der Waals surface area contributed by atoms with Crippen LogP contribution in [0.15, 0.2) is 54.7 Å². The summed E-state index contributed by atoms with van der Waals surface area (Å²) in [7, 11) is 3.41. The Balaban J connectivity index is 1.51. The molecule has 0 spiro atoms. The molecule has 3 aromatic rings. The highest BCUT2D eigenvalue weighted by Crippen LogP contribution is 2.29. The van der Waals surface area contributed by atoms with Crippen LogP contribution in [0.25, 0.3) is 16.8 Å². The molecule has 2 heterocycles. The first-order chi connectivity index (χ1) is 14.5. The SMILES string of the molecule is COc1ccc2ccccc2c1CN(C)C(=O)C=Cc1cnc2c(c1)CCC(=O)N2. The molecule has 1 aliphatic rings. The van der Waals surface area contributed by atoms with Gasteiger partial charge in [0, 0.05) is 37.8 Å². The summed E-state index contributed by atoms with van der Waals surface area (Å²) in [5.41, 5.74) is 2.79. The number of fused-ring (bicyclic) bond motifs is 2. The molecular formula is C24H23N3O3. The molecule has 1 aliphatic heterocycles. The van der Waals surface area contributed by atoms with Crippen molar-refractivity contribution in [3.63, 3.8) is 0 Å². The van der Waals surface area contributed by atoms with E-state index in [-0.39, 0.29) is 11.8 Å². The first kappa shape index (κ1) is 19.6. The van der Waals surface area contributed by atoms with Crippen molar-refractivity contribution in [2.24, 2.45) is 0 Å². The van der Waals surface area contributed by atoms with Gasteiger partial charge < -0.3 is 15.0 Å². The summed E-state index contributed by atoms with van der Waals surface area (Å²) in [4.78, 5) is 30.1. The first-order valence-corrected chi connectivity index (χ1v) is 9.81. The second-order valence-electron chi connectivity index (χ2n) is 7.32. The molecule has 6 nitrogen and oxygen atoms in total. The largest absolute Gasteiger partial charge is 0.496 e. The Morgan fingerprint density at radius 2 is 2.07 bits per heavy atom. The van der Waals surface area contributed by atoms with Crippen LogP contribution in [-0.4, -0.2) is 35.9 Å². The second kappa shape index (κ2) is 8.37. The third kappa shape index (κ3) is 4.03. The van der Waals surface area contributed by atoms with Crippen molar-refractivity contribution in [3.8, 4) is 5.75 Å². The van der Waals surface area contributed by atoms with Gasteiger partial charge in [-0.2, -0.15) is 0 Å². The first-order valence-electron chi connectivity index (χ1n) is 9.81. The molecule has 4 rings (SSSR count). The normalized spacial score (nSPS) is 13.2. The lowest BCUT2D eigenvalue weighted by molar-refractivity contribution is -0.125. The molecule has 0 atom stereocenters. The van der Waals surface area contributed by atoms with Crippen LogP contribution < -0.4 is 10.1 Å². The Bertz CT molecular complexity index is 1150. The summed E-state index contributed by atoms with van der Waals surface area (Å²) in [5.74, 6) is 1.24. The average Bonchev–Trinajstić information content (AvgIpc) is 2.77. The smallest absolute Gasteiger partial charge is 0.246 e. The maximum atomic E-state index is 12.7. The van der Waals surface area contributed by atoms with Crippen molar-refractivity contribution in [2.75, 3.05) is 19.5 Å². The van der Waals surface area contributed by atoms with Crippen LogP contribution in [-0.2, 0) is 22.6 Å². The number of nitrogens with zero attached hydrogens (tertiary/aromatic N) is 2. The lowest BCUT2D eigenvalue weighted by atomic mass is 10.0. The molecule has 6 heteroatoms. The highest BCUT2D eigenvalue weighted by atomic mass is 16.5. The minimum Gasteiger partial charge on any atom is -0.496 e. The van der Waals surface area contributed by atoms with E-state index in [1.807, 2.05) is 42.5 Å². The summed E-state index contributed by atoms with van der Waals surface area (Å²) in [6.07, 6.45) is 6.06. The van der Waals surface area contributed by atoms with Gasteiger partial charge >= 0.3 is 0 Å². The molecule has 0 saturated carbocycles. The molecule has 152 valence electrons. The maximum Gasteiger partial charge on any atom is 0.246 e. The van der Waals surface area contributed by atoms with E-state index in [9.17, 15) is 9.59 Å². The second-order valence-corrected chi connectivity index (χ2v) is 7.32. The van der Waals surface area contributed by atoms with Crippen LogP contribution in [0.4, 0.5) is 5.82 Å². The number of amides is 2. The van der Waals surface area contributed by atoms with Crippen molar-refractivity contribution in [2.45, 2.75) is 19.4 Å². The van der Waals surface area contributed by atoms with Gasteiger partial charge in [-0.25, -0.2) is 4.98 Å². The van der Waals surface area contributed by atoms with Crippen molar-refractivity contribution in [1.29, 1.82) is 0 Å². The number of anilines is 1. The number of rotatable bonds is 5. The quantitative estimate of drug-likeness (QED) is 0.660. The Kier molecular flexibility index (Phi) is 5.48. The third-order valence-electron chi connectivity index (χ3n) is 5.27. The molecule has 0 saturated heterocycles. The van der Waals surface area contributed by atoms with E-state index in [2.05, 4.69) is 10.3 Å². The van der Waals surface area contributed by atoms with Gasteiger partial charge in [-0.05, 0) is 46.5 Å². The van der Waals surface area contributed by atoms with Gasteiger partial charge in [-0.1, -0.05) is 30.3 Å². The van der Waals surface area contributed by atoms with E-state index in [1.165, 1.54) is 0 Å². The van der Waals surface area contributed by atoms with E-state index in [0.29, 0.717) is 25.2 Å². The minimum atomic E-state index is -0.115. The number of aromatic nitrogens is 1. The van der Waals surface area contributed by atoms with Crippen LogP contribution in [0.1, 0.15) is 23.1 Å². The van der Waals surface area contributed by atoms with E-state index in [4.69, 9.17) is 4.74 Å². The molecule has 1 N–H and O–H groups in total. The van der Waals surface area contributed by atoms with Crippen LogP contribution in [0.5, 0.6) is 5.75 Å². The molecular weight excluding hydrogens is 378 g/mol. The lowest BCUT2D eigenvalue weighted by Crippen LogP contribution is -2.24.